The van der Waals surface area contributed by atoms with Gasteiger partial charge in [0.25, 0.3) is 0 Å². The van der Waals surface area contributed by atoms with E-state index >= 15 is 0 Å². The lowest BCUT2D eigenvalue weighted by Crippen LogP contribution is -2.25. The molecule has 1 saturated heterocycles. The summed E-state index contributed by atoms with van der Waals surface area (Å²) < 4.78 is 17.1. The maximum atomic E-state index is 11.1. The summed E-state index contributed by atoms with van der Waals surface area (Å²) in [7, 11) is 0. The third-order valence-corrected chi connectivity index (χ3v) is 8.21. The number of ether oxygens (including phenoxy) is 3. The van der Waals surface area contributed by atoms with Crippen molar-refractivity contribution in [3.8, 4) is 11.5 Å². The second-order valence-electron chi connectivity index (χ2n) is 11.4. The fourth-order valence-corrected chi connectivity index (χ4v) is 5.29. The molecule has 1 aliphatic heterocycles. The number of fused-ring (bicyclic) bond motifs is 2. The van der Waals surface area contributed by atoms with Crippen molar-refractivity contribution < 1.29 is 19.0 Å². The van der Waals surface area contributed by atoms with Gasteiger partial charge in [-0.3, -0.25) is 4.79 Å². The van der Waals surface area contributed by atoms with Crippen LogP contribution in [0.5, 0.6) is 11.5 Å². The molecule has 2 unspecified atom stereocenters. The molecule has 0 N–H and O–H groups in total. The molecule has 0 bridgehead atoms. The highest BCUT2D eigenvalue weighted by atomic mass is 16.7. The lowest BCUT2D eigenvalue weighted by Gasteiger charge is -2.28. The molecule has 1 aliphatic rings. The van der Waals surface area contributed by atoms with Crippen molar-refractivity contribution in [1.82, 2.24) is 0 Å². The van der Waals surface area contributed by atoms with Crippen LogP contribution in [0.15, 0.2) is 72.8 Å². The molecule has 0 aliphatic carbocycles. The standard InChI is InChI=1S/C20H26O2.C16H18O2/c1-4-20(2,3)17-12-13-18(16-10-6-5-9-15(16)17)22-19-11-7-8-14-21-19;1-4-11(2)13-9-10-16(18-12(3)17)15-8-6-5-7-14(13)15/h5-6,9-10,12-13,19H,4,7-8,11,14H2,1-3H3;5-11H,4H2,1-3H3. The van der Waals surface area contributed by atoms with E-state index < -0.39 is 0 Å². The third kappa shape index (κ3) is 6.85. The average molecular weight is 541 g/mol. The van der Waals surface area contributed by atoms with Crippen molar-refractivity contribution in [3.63, 3.8) is 0 Å². The second-order valence-corrected chi connectivity index (χ2v) is 11.4. The van der Waals surface area contributed by atoms with Gasteiger partial charge in [-0.05, 0) is 71.0 Å². The lowest BCUT2D eigenvalue weighted by molar-refractivity contribution is -0.131. The number of carbonyl (C=O) groups is 1. The van der Waals surface area contributed by atoms with Crippen molar-refractivity contribution in [3.05, 3.63) is 83.9 Å². The predicted molar refractivity (Wildman–Crippen MR) is 165 cm³/mol. The van der Waals surface area contributed by atoms with E-state index in [1.807, 2.05) is 24.3 Å². The van der Waals surface area contributed by atoms with E-state index in [-0.39, 0.29) is 17.7 Å². The summed E-state index contributed by atoms with van der Waals surface area (Å²) in [6.07, 6.45) is 5.42. The SMILES string of the molecule is CCC(C)(C)c1ccc(OC2CCCCO2)c2ccccc12.CCC(C)c1ccc(OC(C)=O)c2ccccc12. The first kappa shape index (κ1) is 29.6. The third-order valence-electron chi connectivity index (χ3n) is 8.21. The van der Waals surface area contributed by atoms with Crippen LogP contribution in [-0.2, 0) is 14.9 Å². The Morgan fingerprint density at radius 2 is 1.50 bits per heavy atom. The van der Waals surface area contributed by atoms with Gasteiger partial charge in [-0.2, -0.15) is 0 Å². The molecule has 4 nitrogen and oxygen atoms in total. The van der Waals surface area contributed by atoms with Crippen molar-refractivity contribution in [2.24, 2.45) is 0 Å². The van der Waals surface area contributed by atoms with Gasteiger partial charge in [-0.25, -0.2) is 0 Å². The molecular formula is C36H44O4. The number of esters is 1. The quantitative estimate of drug-likeness (QED) is 0.173. The molecule has 4 aromatic rings. The Bertz CT molecular complexity index is 1430. The van der Waals surface area contributed by atoms with E-state index in [1.165, 1.54) is 40.6 Å². The number of hydrogen-bond acceptors (Lipinski definition) is 4. The molecule has 1 fully saturated rings. The summed E-state index contributed by atoms with van der Waals surface area (Å²) in [4.78, 5) is 11.1. The Hall–Kier alpha value is -3.37. The van der Waals surface area contributed by atoms with Gasteiger partial charge in [0.2, 0.25) is 0 Å². The molecule has 4 heteroatoms. The second kappa shape index (κ2) is 13.3. The van der Waals surface area contributed by atoms with Gasteiger partial charge >= 0.3 is 5.97 Å². The van der Waals surface area contributed by atoms with E-state index in [1.54, 1.807) is 0 Å². The fourth-order valence-electron chi connectivity index (χ4n) is 5.29. The van der Waals surface area contributed by atoms with Crippen molar-refractivity contribution >= 4 is 27.5 Å². The zero-order chi connectivity index (χ0) is 28.7. The molecule has 2 atom stereocenters. The summed E-state index contributed by atoms with van der Waals surface area (Å²) in [5, 5.41) is 4.66. The summed E-state index contributed by atoms with van der Waals surface area (Å²) in [5.74, 6) is 1.81. The van der Waals surface area contributed by atoms with Gasteiger partial charge in [0, 0.05) is 24.1 Å². The van der Waals surface area contributed by atoms with Crippen LogP contribution in [0.3, 0.4) is 0 Å². The van der Waals surface area contributed by atoms with Crippen LogP contribution in [0.4, 0.5) is 0 Å². The van der Waals surface area contributed by atoms with Gasteiger partial charge < -0.3 is 14.2 Å². The highest BCUT2D eigenvalue weighted by Gasteiger charge is 2.23. The Labute approximate surface area is 239 Å². The van der Waals surface area contributed by atoms with E-state index in [2.05, 4.69) is 83.1 Å². The molecule has 4 aromatic carbocycles. The molecule has 0 aromatic heterocycles. The molecule has 40 heavy (non-hydrogen) atoms. The van der Waals surface area contributed by atoms with E-state index in [9.17, 15) is 4.79 Å². The minimum absolute atomic E-state index is 0.0952. The van der Waals surface area contributed by atoms with Crippen LogP contribution in [0.1, 0.15) is 90.7 Å². The predicted octanol–water partition coefficient (Wildman–Crippen LogP) is 9.71. The fraction of sp³-hybridized carbons (Fsp3) is 0.417. The molecule has 1 heterocycles. The first-order valence-corrected chi connectivity index (χ1v) is 14.8. The Kier molecular flexibility index (Phi) is 9.86. The first-order valence-electron chi connectivity index (χ1n) is 14.8. The van der Waals surface area contributed by atoms with Gasteiger partial charge in [0.05, 0.1) is 6.61 Å². The maximum Gasteiger partial charge on any atom is 0.308 e. The number of rotatable bonds is 7. The summed E-state index contributed by atoms with van der Waals surface area (Å²) in [6.45, 7) is 13.5. The topological polar surface area (TPSA) is 44.8 Å². The molecule has 0 spiro atoms. The molecule has 0 radical (unpaired) electrons. The zero-order valence-electron chi connectivity index (χ0n) is 25.0. The van der Waals surface area contributed by atoms with Crippen LogP contribution in [0, 0.1) is 0 Å². The van der Waals surface area contributed by atoms with Crippen LogP contribution in [0.25, 0.3) is 21.5 Å². The number of carbonyl (C=O) groups excluding carboxylic acids is 1. The largest absolute Gasteiger partial charge is 0.464 e. The van der Waals surface area contributed by atoms with Gasteiger partial charge in [-0.15, -0.1) is 0 Å². The zero-order valence-corrected chi connectivity index (χ0v) is 25.0. The number of hydrogen-bond donors (Lipinski definition) is 0. The van der Waals surface area contributed by atoms with Gasteiger partial charge in [-0.1, -0.05) is 95.3 Å². The van der Waals surface area contributed by atoms with Gasteiger partial charge in [0.15, 0.2) is 6.29 Å². The van der Waals surface area contributed by atoms with Crippen molar-refractivity contribution in [2.75, 3.05) is 6.61 Å². The van der Waals surface area contributed by atoms with Crippen LogP contribution in [-0.4, -0.2) is 18.9 Å². The minimum atomic E-state index is -0.281. The lowest BCUT2D eigenvalue weighted by atomic mass is 9.79. The highest BCUT2D eigenvalue weighted by molar-refractivity contribution is 5.93. The molecule has 5 rings (SSSR count). The van der Waals surface area contributed by atoms with E-state index in [0.717, 1.165) is 43.4 Å². The average Bonchev–Trinajstić information content (AvgIpc) is 2.97. The Morgan fingerprint density at radius 1 is 0.875 bits per heavy atom. The van der Waals surface area contributed by atoms with Crippen molar-refractivity contribution in [1.29, 1.82) is 0 Å². The normalized spacial score (nSPS) is 16.2. The summed E-state index contributed by atoms with van der Waals surface area (Å²) in [5.41, 5.74) is 2.87. The van der Waals surface area contributed by atoms with E-state index in [0.29, 0.717) is 11.7 Å². The highest BCUT2D eigenvalue weighted by Crippen LogP contribution is 2.38. The summed E-state index contributed by atoms with van der Waals surface area (Å²) >= 11 is 0. The Balaban J connectivity index is 0.000000189. The molecule has 0 saturated carbocycles. The summed E-state index contributed by atoms with van der Waals surface area (Å²) in [6, 6.07) is 24.9. The van der Waals surface area contributed by atoms with Crippen LogP contribution < -0.4 is 9.47 Å². The maximum absolute atomic E-state index is 11.1. The van der Waals surface area contributed by atoms with E-state index in [4.69, 9.17) is 14.2 Å². The first-order chi connectivity index (χ1) is 19.2. The van der Waals surface area contributed by atoms with Crippen LogP contribution in [0.2, 0.25) is 0 Å². The molecule has 212 valence electrons. The monoisotopic (exact) mass is 540 g/mol. The molecule has 0 amide bonds. The minimum Gasteiger partial charge on any atom is -0.464 e. The van der Waals surface area contributed by atoms with Crippen molar-refractivity contribution in [2.45, 2.75) is 91.3 Å². The molecular weight excluding hydrogens is 496 g/mol. The Morgan fingerprint density at radius 3 is 2.10 bits per heavy atom. The number of benzene rings is 4. The van der Waals surface area contributed by atoms with Gasteiger partial charge in [0.1, 0.15) is 11.5 Å². The smallest absolute Gasteiger partial charge is 0.308 e. The van der Waals surface area contributed by atoms with Crippen LogP contribution >= 0.6 is 0 Å².